The summed E-state index contributed by atoms with van der Waals surface area (Å²) >= 11 is 0. The zero-order chi connectivity index (χ0) is 17.3. The van der Waals surface area contributed by atoms with Crippen molar-refractivity contribution in [2.75, 3.05) is 6.54 Å². The van der Waals surface area contributed by atoms with Crippen molar-refractivity contribution in [3.8, 4) is 0 Å². The summed E-state index contributed by atoms with van der Waals surface area (Å²) in [6.45, 7) is 9.10. The van der Waals surface area contributed by atoms with Crippen LogP contribution in [0.25, 0.3) is 0 Å². The molecule has 2 aromatic rings. The van der Waals surface area contributed by atoms with Crippen molar-refractivity contribution in [1.82, 2.24) is 10.2 Å². The van der Waals surface area contributed by atoms with Gasteiger partial charge in [0.2, 0.25) is 5.91 Å². The number of aryl methyl sites for hydroxylation is 3. The Morgan fingerprint density at radius 3 is 2.38 bits per heavy atom. The minimum atomic E-state index is 0.0489. The van der Waals surface area contributed by atoms with Crippen LogP contribution in [-0.4, -0.2) is 23.5 Å². The number of carbonyl (C=O) groups is 1. The van der Waals surface area contributed by atoms with E-state index < -0.39 is 0 Å². The highest BCUT2D eigenvalue weighted by atomic mass is 16.2. The number of carbonyl (C=O) groups excluding carboxylic acids is 1. The number of nitrogens with zero attached hydrogens (tertiary/aromatic N) is 1. The van der Waals surface area contributed by atoms with Gasteiger partial charge in [0.25, 0.3) is 0 Å². The number of nitrogens with one attached hydrogen (secondary N) is 1. The van der Waals surface area contributed by atoms with Crippen molar-refractivity contribution in [2.45, 2.75) is 46.3 Å². The summed E-state index contributed by atoms with van der Waals surface area (Å²) in [4.78, 5) is 14.3. The molecule has 3 heteroatoms. The normalized spacial score (nSPS) is 19.3. The van der Waals surface area contributed by atoms with Gasteiger partial charge >= 0.3 is 0 Å². The molecule has 1 aliphatic rings. The van der Waals surface area contributed by atoms with Gasteiger partial charge < -0.3 is 5.32 Å². The molecule has 126 valence electrons. The van der Waals surface area contributed by atoms with E-state index >= 15 is 0 Å². The van der Waals surface area contributed by atoms with E-state index in [-0.39, 0.29) is 18.1 Å². The van der Waals surface area contributed by atoms with Crippen LogP contribution < -0.4 is 5.32 Å². The second kappa shape index (κ2) is 6.78. The second-order valence-electron chi connectivity index (χ2n) is 6.92. The summed E-state index contributed by atoms with van der Waals surface area (Å²) in [5.41, 5.74) is 6.50. The van der Waals surface area contributed by atoms with Gasteiger partial charge in [-0.15, -0.1) is 0 Å². The smallest absolute Gasteiger partial charge is 0.235 e. The monoisotopic (exact) mass is 322 g/mol. The Balaban J connectivity index is 1.85. The molecule has 0 bridgehead atoms. The molecular weight excluding hydrogens is 296 g/mol. The van der Waals surface area contributed by atoms with Gasteiger partial charge in [0.15, 0.2) is 0 Å². The van der Waals surface area contributed by atoms with Crippen molar-refractivity contribution in [2.24, 2.45) is 0 Å². The highest BCUT2D eigenvalue weighted by Crippen LogP contribution is 2.27. The lowest BCUT2D eigenvalue weighted by molar-refractivity contribution is -0.118. The van der Waals surface area contributed by atoms with Crippen LogP contribution in [0.2, 0.25) is 0 Å². The Labute approximate surface area is 144 Å². The predicted octanol–water partition coefficient (Wildman–Crippen LogP) is 3.67. The van der Waals surface area contributed by atoms with Crippen molar-refractivity contribution in [1.29, 1.82) is 0 Å². The molecule has 1 amide bonds. The minimum absolute atomic E-state index is 0.0489. The van der Waals surface area contributed by atoms with Gasteiger partial charge in [-0.3, -0.25) is 9.69 Å². The van der Waals surface area contributed by atoms with Crippen LogP contribution in [0.5, 0.6) is 0 Å². The topological polar surface area (TPSA) is 32.3 Å². The first-order valence-corrected chi connectivity index (χ1v) is 8.62. The molecule has 2 atom stereocenters. The van der Waals surface area contributed by atoms with E-state index in [1.54, 1.807) is 0 Å². The molecule has 0 aliphatic carbocycles. The van der Waals surface area contributed by atoms with Gasteiger partial charge in [-0.2, -0.15) is 0 Å². The van der Waals surface area contributed by atoms with E-state index in [2.05, 4.69) is 74.3 Å². The fraction of sp³-hybridized carbons (Fsp3) is 0.381. The van der Waals surface area contributed by atoms with E-state index in [4.69, 9.17) is 0 Å². The number of hydrogen-bond acceptors (Lipinski definition) is 2. The van der Waals surface area contributed by atoms with E-state index in [1.165, 1.54) is 27.8 Å². The van der Waals surface area contributed by atoms with Crippen LogP contribution >= 0.6 is 0 Å². The number of benzene rings is 2. The Morgan fingerprint density at radius 2 is 1.75 bits per heavy atom. The third-order valence-corrected chi connectivity index (χ3v) is 5.07. The van der Waals surface area contributed by atoms with E-state index in [9.17, 15) is 4.79 Å². The first kappa shape index (κ1) is 16.7. The summed E-state index contributed by atoms with van der Waals surface area (Å²) in [6, 6.07) is 15.1. The van der Waals surface area contributed by atoms with E-state index in [0.717, 1.165) is 6.42 Å². The molecule has 3 rings (SSSR count). The molecule has 24 heavy (non-hydrogen) atoms. The second-order valence-corrected chi connectivity index (χ2v) is 6.92. The van der Waals surface area contributed by atoms with Crippen LogP contribution in [0, 0.1) is 20.8 Å². The molecule has 0 aromatic heterocycles. The molecule has 0 spiro atoms. The van der Waals surface area contributed by atoms with Crippen molar-refractivity contribution >= 4 is 5.91 Å². The molecule has 3 nitrogen and oxygen atoms in total. The molecule has 2 aromatic carbocycles. The summed E-state index contributed by atoms with van der Waals surface area (Å²) in [7, 11) is 0. The maximum atomic E-state index is 12.1. The van der Waals surface area contributed by atoms with Gasteiger partial charge in [-0.05, 0) is 49.9 Å². The summed E-state index contributed by atoms with van der Waals surface area (Å²) < 4.78 is 0. The third kappa shape index (κ3) is 3.36. The fourth-order valence-corrected chi connectivity index (χ4v) is 3.81. The highest BCUT2D eigenvalue weighted by molar-refractivity contribution is 5.80. The van der Waals surface area contributed by atoms with Gasteiger partial charge in [-0.25, -0.2) is 0 Å². The lowest BCUT2D eigenvalue weighted by Crippen LogP contribution is -2.39. The molecule has 1 saturated heterocycles. The van der Waals surface area contributed by atoms with E-state index in [1.807, 2.05) is 6.07 Å². The standard InChI is InChI=1S/C21H26N2O/c1-14-10-15(2)19(16(3)11-14)12-20-22-21(24)13-23(20)17(4)18-8-6-5-7-9-18/h5-11,17,20H,12-13H2,1-4H3,(H,22,24)/t17-,20-/m1/s1. The molecule has 1 heterocycles. The quantitative estimate of drug-likeness (QED) is 0.931. The molecule has 0 unspecified atom stereocenters. The maximum Gasteiger partial charge on any atom is 0.235 e. The molecule has 1 aliphatic heterocycles. The number of rotatable bonds is 4. The molecule has 0 radical (unpaired) electrons. The zero-order valence-corrected chi connectivity index (χ0v) is 15.0. The lowest BCUT2D eigenvalue weighted by Gasteiger charge is -2.30. The van der Waals surface area contributed by atoms with Crippen LogP contribution in [-0.2, 0) is 11.2 Å². The molecular formula is C21H26N2O. The Bertz CT molecular complexity index is 716. The average molecular weight is 322 g/mol. The first-order valence-electron chi connectivity index (χ1n) is 8.62. The van der Waals surface area contributed by atoms with Gasteiger partial charge in [0.1, 0.15) is 0 Å². The SMILES string of the molecule is Cc1cc(C)c(C[C@@H]2NC(=O)CN2[C@H](C)c2ccccc2)c(C)c1. The average Bonchev–Trinajstić information content (AvgIpc) is 2.91. The molecule has 1 N–H and O–H groups in total. The Morgan fingerprint density at radius 1 is 1.12 bits per heavy atom. The van der Waals surface area contributed by atoms with Crippen molar-refractivity contribution in [3.63, 3.8) is 0 Å². The number of amides is 1. The van der Waals surface area contributed by atoms with Crippen LogP contribution in [0.15, 0.2) is 42.5 Å². The fourth-order valence-electron chi connectivity index (χ4n) is 3.81. The van der Waals surface area contributed by atoms with Crippen molar-refractivity contribution < 1.29 is 4.79 Å². The Hall–Kier alpha value is -2.13. The van der Waals surface area contributed by atoms with Gasteiger partial charge in [-0.1, -0.05) is 48.0 Å². The first-order chi connectivity index (χ1) is 11.5. The maximum absolute atomic E-state index is 12.1. The van der Waals surface area contributed by atoms with E-state index in [0.29, 0.717) is 6.54 Å². The summed E-state index contributed by atoms with van der Waals surface area (Å²) in [5.74, 6) is 0.116. The largest absolute Gasteiger partial charge is 0.339 e. The summed E-state index contributed by atoms with van der Waals surface area (Å²) in [5, 5.41) is 3.16. The molecule has 1 fully saturated rings. The third-order valence-electron chi connectivity index (χ3n) is 5.07. The Kier molecular flexibility index (Phi) is 4.72. The number of hydrogen-bond donors (Lipinski definition) is 1. The highest BCUT2D eigenvalue weighted by Gasteiger charge is 2.34. The summed E-state index contributed by atoms with van der Waals surface area (Å²) in [6.07, 6.45) is 0.897. The van der Waals surface area contributed by atoms with Crippen LogP contribution in [0.1, 0.15) is 40.8 Å². The minimum Gasteiger partial charge on any atom is -0.339 e. The van der Waals surface area contributed by atoms with Gasteiger partial charge in [0.05, 0.1) is 12.7 Å². The van der Waals surface area contributed by atoms with Crippen molar-refractivity contribution in [3.05, 3.63) is 70.3 Å². The van der Waals surface area contributed by atoms with Crippen LogP contribution in [0.4, 0.5) is 0 Å². The zero-order valence-electron chi connectivity index (χ0n) is 15.0. The molecule has 0 saturated carbocycles. The lowest BCUT2D eigenvalue weighted by atomic mass is 9.95. The predicted molar refractivity (Wildman–Crippen MR) is 97.9 cm³/mol. The van der Waals surface area contributed by atoms with Crippen LogP contribution in [0.3, 0.4) is 0 Å². The van der Waals surface area contributed by atoms with Gasteiger partial charge in [0, 0.05) is 12.5 Å².